The Bertz CT molecular complexity index is 1260. The zero-order chi connectivity index (χ0) is 26.6. The highest BCUT2D eigenvalue weighted by molar-refractivity contribution is 5.53. The summed E-state index contributed by atoms with van der Waals surface area (Å²) in [5.41, 5.74) is -0.692. The minimum atomic E-state index is -5.78. The van der Waals surface area contributed by atoms with Crippen LogP contribution in [-0.2, 0) is 6.18 Å². The average molecular weight is 537 g/mol. The number of piperidine rings is 1. The third-order valence-electron chi connectivity index (χ3n) is 6.56. The Kier molecular flexibility index (Phi) is 6.02. The lowest BCUT2D eigenvalue weighted by Gasteiger charge is -2.39. The first kappa shape index (κ1) is 25.2. The van der Waals surface area contributed by atoms with Crippen LogP contribution in [0.15, 0.2) is 30.7 Å². The van der Waals surface area contributed by atoms with Gasteiger partial charge in [0.25, 0.3) is 5.88 Å². The van der Waals surface area contributed by atoms with Crippen LogP contribution in [0.4, 0.5) is 46.8 Å². The van der Waals surface area contributed by atoms with Crippen LogP contribution >= 0.6 is 0 Å². The van der Waals surface area contributed by atoms with E-state index in [2.05, 4.69) is 30.1 Å². The van der Waals surface area contributed by atoms with Gasteiger partial charge in [-0.15, -0.1) is 5.10 Å². The van der Waals surface area contributed by atoms with E-state index >= 15 is 0 Å². The Morgan fingerprint density at radius 3 is 2.32 bits per heavy atom. The molecule has 3 aromatic rings. The maximum atomic E-state index is 13.3. The van der Waals surface area contributed by atoms with Gasteiger partial charge < -0.3 is 15.0 Å². The Hall–Kier alpha value is -3.46. The van der Waals surface area contributed by atoms with Crippen LogP contribution < -0.4 is 15.0 Å². The van der Waals surface area contributed by atoms with Gasteiger partial charge in [0, 0.05) is 43.4 Å². The maximum Gasteiger partial charge on any atom is 0.456 e. The molecular weight excluding hydrogens is 518 g/mol. The van der Waals surface area contributed by atoms with Crippen LogP contribution in [0.3, 0.4) is 0 Å². The number of pyridine rings is 1. The van der Waals surface area contributed by atoms with Crippen molar-refractivity contribution in [2.75, 3.05) is 29.9 Å². The lowest BCUT2D eigenvalue weighted by Crippen LogP contribution is -2.48. The van der Waals surface area contributed by atoms with E-state index in [1.165, 1.54) is 12.3 Å². The fourth-order valence-electron chi connectivity index (χ4n) is 4.79. The predicted octanol–water partition coefficient (Wildman–Crippen LogP) is 4.44. The Morgan fingerprint density at radius 2 is 1.68 bits per heavy atom. The number of halogens is 8. The van der Waals surface area contributed by atoms with E-state index in [1.54, 1.807) is 0 Å². The van der Waals surface area contributed by atoms with Gasteiger partial charge in [-0.1, -0.05) is 0 Å². The molecule has 0 amide bonds. The normalized spacial score (nSPS) is 22.5. The third-order valence-corrected chi connectivity index (χ3v) is 6.56. The molecule has 5 rings (SSSR count). The summed E-state index contributed by atoms with van der Waals surface area (Å²) >= 11 is 0. The number of nitrogens with zero attached hydrogens (tertiary/aromatic N) is 6. The van der Waals surface area contributed by atoms with Crippen LogP contribution in [0.5, 0.6) is 5.88 Å². The Morgan fingerprint density at radius 1 is 0.973 bits per heavy atom. The number of alkyl halides is 8. The number of aromatic nitrogens is 5. The topological polar surface area (TPSA) is 80.5 Å². The van der Waals surface area contributed by atoms with Gasteiger partial charge in [-0.3, -0.25) is 4.98 Å². The molecule has 2 aliphatic rings. The zero-order valence-electron chi connectivity index (χ0n) is 18.8. The van der Waals surface area contributed by atoms with Gasteiger partial charge in [-0.25, -0.2) is 9.50 Å². The first-order valence-electron chi connectivity index (χ1n) is 11.2. The van der Waals surface area contributed by atoms with E-state index < -0.39 is 36.5 Å². The fourth-order valence-corrected chi connectivity index (χ4v) is 4.79. The van der Waals surface area contributed by atoms with Crippen molar-refractivity contribution < 1.29 is 39.9 Å². The number of hydrogen-bond donors (Lipinski definition) is 1. The molecule has 0 spiro atoms. The van der Waals surface area contributed by atoms with Gasteiger partial charge in [0.15, 0.2) is 6.61 Å². The van der Waals surface area contributed by atoms with Crippen molar-refractivity contribution in [2.45, 2.75) is 37.2 Å². The molecule has 0 radical (unpaired) electrons. The second-order valence-corrected chi connectivity index (χ2v) is 9.00. The molecule has 37 heavy (non-hydrogen) atoms. The molecule has 16 heteroatoms. The molecule has 1 saturated heterocycles. The van der Waals surface area contributed by atoms with Crippen LogP contribution in [0.25, 0.3) is 5.65 Å². The standard InChI is InChI=1S/C21H19F8N7O/c22-19(23,21(27,28)29)10-37-17-16-33-18(34-36(16)6-5-31-17)32-15-11-1-2-12(15)9-35(8-11)13-3-4-30-14(7-13)20(24,25)26/h3-7,11-12,15H,1-2,8-10H2,(H,32,34)/t11-,12+,15?. The summed E-state index contributed by atoms with van der Waals surface area (Å²) in [6, 6.07) is 2.43. The Balaban J connectivity index is 1.29. The van der Waals surface area contributed by atoms with Crippen LogP contribution in [0.1, 0.15) is 18.5 Å². The average Bonchev–Trinajstić information content (AvgIpc) is 3.32. The third kappa shape index (κ3) is 4.92. The highest BCUT2D eigenvalue weighted by atomic mass is 19.4. The first-order valence-corrected chi connectivity index (χ1v) is 11.2. The summed E-state index contributed by atoms with van der Waals surface area (Å²) in [7, 11) is 0. The SMILES string of the molecule is FC(F)(F)c1cc(N2C[C@H]3CC[C@@H](C2)C3Nc2nc3c(OCC(F)(F)C(F)(F)F)nccn3n2)ccn1. The van der Waals surface area contributed by atoms with Crippen molar-refractivity contribution in [3.63, 3.8) is 0 Å². The summed E-state index contributed by atoms with van der Waals surface area (Å²) in [6.07, 6.45) is -5.12. The highest BCUT2D eigenvalue weighted by Crippen LogP contribution is 2.41. The molecule has 1 N–H and O–H groups in total. The molecule has 8 nitrogen and oxygen atoms in total. The lowest BCUT2D eigenvalue weighted by molar-refractivity contribution is -0.290. The van der Waals surface area contributed by atoms with Gasteiger partial charge in [0.1, 0.15) is 5.69 Å². The van der Waals surface area contributed by atoms with Gasteiger partial charge in [0.05, 0.1) is 0 Å². The van der Waals surface area contributed by atoms with Crippen LogP contribution in [0, 0.1) is 11.8 Å². The second-order valence-electron chi connectivity index (χ2n) is 9.00. The Labute approximate surface area is 203 Å². The van der Waals surface area contributed by atoms with Gasteiger partial charge in [-0.05, 0) is 36.8 Å². The number of hydrogen-bond acceptors (Lipinski definition) is 7. The summed E-state index contributed by atoms with van der Waals surface area (Å²) in [5, 5.41) is 7.38. The van der Waals surface area contributed by atoms with E-state index in [1.807, 2.05) is 4.90 Å². The summed E-state index contributed by atoms with van der Waals surface area (Å²) in [4.78, 5) is 13.1. The monoisotopic (exact) mass is 537 g/mol. The van der Waals surface area contributed by atoms with E-state index in [0.717, 1.165) is 35.8 Å². The second kappa shape index (κ2) is 8.83. The summed E-state index contributed by atoms with van der Waals surface area (Å²) < 4.78 is 109. The number of ether oxygens (including phenoxy) is 1. The molecule has 1 saturated carbocycles. The van der Waals surface area contributed by atoms with Gasteiger partial charge >= 0.3 is 18.3 Å². The van der Waals surface area contributed by atoms with E-state index in [-0.39, 0.29) is 29.5 Å². The fraction of sp³-hybridized carbons (Fsp3) is 0.524. The molecule has 2 fully saturated rings. The predicted molar refractivity (Wildman–Crippen MR) is 112 cm³/mol. The maximum absolute atomic E-state index is 13.3. The van der Waals surface area contributed by atoms with Crippen LogP contribution in [0.2, 0.25) is 0 Å². The summed E-state index contributed by atoms with van der Waals surface area (Å²) in [5.74, 6) is -5.42. The molecule has 1 unspecified atom stereocenters. The van der Waals surface area contributed by atoms with E-state index in [0.29, 0.717) is 18.8 Å². The molecule has 1 aliphatic carbocycles. The molecule has 3 atom stereocenters. The van der Waals surface area contributed by atoms with Gasteiger partial charge in [0.2, 0.25) is 11.6 Å². The quantitative estimate of drug-likeness (QED) is 0.466. The summed E-state index contributed by atoms with van der Waals surface area (Å²) in [6.45, 7) is -1.01. The van der Waals surface area contributed by atoms with Crippen molar-refractivity contribution >= 4 is 17.3 Å². The van der Waals surface area contributed by atoms with Crippen molar-refractivity contribution in [1.82, 2.24) is 24.6 Å². The molecule has 200 valence electrons. The molecule has 2 bridgehead atoms. The minimum absolute atomic E-state index is 0.0483. The molecule has 0 aromatic carbocycles. The van der Waals surface area contributed by atoms with Crippen molar-refractivity contribution in [2.24, 2.45) is 11.8 Å². The van der Waals surface area contributed by atoms with Crippen molar-refractivity contribution in [3.8, 4) is 5.88 Å². The molecule has 4 heterocycles. The molecular formula is C21H19F8N7O. The van der Waals surface area contributed by atoms with E-state index in [9.17, 15) is 35.1 Å². The van der Waals surface area contributed by atoms with Crippen molar-refractivity contribution in [3.05, 3.63) is 36.4 Å². The smallest absolute Gasteiger partial charge is 0.456 e. The molecule has 3 aromatic heterocycles. The zero-order valence-corrected chi connectivity index (χ0v) is 18.8. The lowest BCUT2D eigenvalue weighted by atomic mass is 9.92. The number of fused-ring (bicyclic) bond motifs is 3. The van der Waals surface area contributed by atoms with Gasteiger partial charge in [-0.2, -0.15) is 40.1 Å². The van der Waals surface area contributed by atoms with E-state index in [4.69, 9.17) is 0 Å². The number of nitrogens with one attached hydrogen (secondary N) is 1. The van der Waals surface area contributed by atoms with Crippen molar-refractivity contribution in [1.29, 1.82) is 0 Å². The molecule has 1 aliphatic heterocycles. The largest absolute Gasteiger partial charge is 0.468 e. The number of rotatable bonds is 6. The minimum Gasteiger partial charge on any atom is -0.468 e. The van der Waals surface area contributed by atoms with Crippen LogP contribution in [-0.4, -0.2) is 62.4 Å². The number of anilines is 2. The highest BCUT2D eigenvalue weighted by Gasteiger charge is 2.58. The first-order chi connectivity index (χ1) is 17.3.